The van der Waals surface area contributed by atoms with E-state index in [1.807, 2.05) is 25.1 Å². The van der Waals surface area contributed by atoms with Gasteiger partial charge >= 0.3 is 0 Å². The molecule has 4 atom stereocenters. The van der Waals surface area contributed by atoms with Crippen LogP contribution in [0.15, 0.2) is 24.8 Å². The lowest BCUT2D eigenvalue weighted by molar-refractivity contribution is 0.292. The van der Waals surface area contributed by atoms with Gasteiger partial charge < -0.3 is 15.5 Å². The van der Waals surface area contributed by atoms with Crippen LogP contribution in [0.25, 0.3) is 5.70 Å². The van der Waals surface area contributed by atoms with Crippen molar-refractivity contribution in [1.82, 2.24) is 24.6 Å². The zero-order chi connectivity index (χ0) is 36.6. The minimum absolute atomic E-state index is 0.141. The number of nitrogens with zero attached hydrogens (tertiary/aromatic N) is 7. The van der Waals surface area contributed by atoms with Crippen molar-refractivity contribution in [2.75, 3.05) is 44.4 Å². The number of fused-ring (bicyclic) bond motifs is 3. The Balaban J connectivity index is 0.000000428. The Morgan fingerprint density at radius 1 is 1.22 bits per heavy atom. The van der Waals surface area contributed by atoms with Crippen LogP contribution >= 0.6 is 11.6 Å². The number of halogens is 2. The van der Waals surface area contributed by atoms with Crippen molar-refractivity contribution in [2.45, 2.75) is 122 Å². The molecule has 0 spiro atoms. The highest BCUT2D eigenvalue weighted by Crippen LogP contribution is 2.48. The van der Waals surface area contributed by atoms with E-state index in [0.29, 0.717) is 41.3 Å². The molecule has 0 radical (unpaired) electrons. The molecule has 10 heteroatoms. The Morgan fingerprint density at radius 3 is 2.71 bits per heavy atom. The molecule has 1 aliphatic carbocycles. The van der Waals surface area contributed by atoms with Gasteiger partial charge in [0.2, 0.25) is 0 Å². The third-order valence-corrected chi connectivity index (χ3v) is 12.4. The maximum Gasteiger partial charge on any atom is 0.127 e. The summed E-state index contributed by atoms with van der Waals surface area (Å²) in [6, 6.07) is 9.39. The molecule has 3 aromatic rings. The Bertz CT molecular complexity index is 1800. The van der Waals surface area contributed by atoms with Gasteiger partial charge in [0.15, 0.2) is 0 Å². The average Bonchev–Trinajstić information content (AvgIpc) is 3.72. The zero-order valence-corrected chi connectivity index (χ0v) is 32.3. The largest absolute Gasteiger partial charge is 0.398 e. The SMILES string of the molecule is C=C(c1nn2c(c1Cl)CN(c1cc(CC)nc(C)c1CCC1(C)CCC(C)c3ccc(N)c(C#N)c31)CCC2)N(C)C.FC1CC2CCCN2C1. The molecule has 2 saturated heterocycles. The summed E-state index contributed by atoms with van der Waals surface area (Å²) < 4.78 is 14.7. The summed E-state index contributed by atoms with van der Waals surface area (Å²) in [4.78, 5) is 11.7. The second-order valence-corrected chi connectivity index (χ2v) is 16.1. The summed E-state index contributed by atoms with van der Waals surface area (Å²) >= 11 is 6.97. The summed E-state index contributed by atoms with van der Waals surface area (Å²) in [5, 5.41) is 15.7. The van der Waals surface area contributed by atoms with E-state index in [2.05, 4.69) is 67.0 Å². The molecule has 51 heavy (non-hydrogen) atoms. The molecule has 2 fully saturated rings. The molecule has 7 rings (SSSR count). The Labute approximate surface area is 309 Å². The molecule has 2 aromatic heterocycles. The Morgan fingerprint density at radius 2 is 2.00 bits per heavy atom. The molecule has 4 unspecified atom stereocenters. The number of benzene rings is 1. The quantitative estimate of drug-likeness (QED) is 0.247. The van der Waals surface area contributed by atoms with E-state index in [-0.39, 0.29) is 5.41 Å². The molecule has 2 N–H and O–H groups in total. The van der Waals surface area contributed by atoms with E-state index in [1.54, 1.807) is 0 Å². The van der Waals surface area contributed by atoms with Crippen LogP contribution in [0.5, 0.6) is 0 Å². The number of nitrogen functional groups attached to an aromatic ring is 1. The van der Waals surface area contributed by atoms with E-state index in [4.69, 9.17) is 27.4 Å². The first kappa shape index (κ1) is 37.2. The second kappa shape index (κ2) is 15.2. The number of aromatic nitrogens is 3. The van der Waals surface area contributed by atoms with Gasteiger partial charge in [0.05, 0.1) is 28.5 Å². The topological polar surface area (TPSA) is 90.2 Å². The van der Waals surface area contributed by atoms with E-state index < -0.39 is 6.17 Å². The number of anilines is 2. The maximum absolute atomic E-state index is 12.6. The lowest BCUT2D eigenvalue weighted by atomic mass is 9.64. The molecule has 8 nitrogen and oxygen atoms in total. The lowest BCUT2D eigenvalue weighted by Gasteiger charge is -2.40. The van der Waals surface area contributed by atoms with Crippen molar-refractivity contribution in [3.05, 3.63) is 74.8 Å². The van der Waals surface area contributed by atoms with Crippen LogP contribution in [0.4, 0.5) is 15.8 Å². The molecule has 4 aliphatic rings. The highest BCUT2D eigenvalue weighted by atomic mass is 35.5. The number of rotatable bonds is 7. The number of aryl methyl sites for hydroxylation is 3. The number of hydrogen-bond donors (Lipinski definition) is 1. The van der Waals surface area contributed by atoms with Gasteiger partial charge in [-0.2, -0.15) is 10.4 Å². The van der Waals surface area contributed by atoms with Gasteiger partial charge in [-0.25, -0.2) is 4.39 Å². The van der Waals surface area contributed by atoms with Crippen molar-refractivity contribution in [3.8, 4) is 6.07 Å². The van der Waals surface area contributed by atoms with Crippen LogP contribution < -0.4 is 10.6 Å². The summed E-state index contributed by atoms with van der Waals surface area (Å²) in [5.74, 6) is 0.420. The molecule has 0 amide bonds. The average molecular weight is 715 g/mol. The Hall–Kier alpha value is -3.61. The summed E-state index contributed by atoms with van der Waals surface area (Å²) in [6.45, 7) is 17.4. The lowest BCUT2D eigenvalue weighted by Crippen LogP contribution is -2.32. The number of nitriles is 1. The van der Waals surface area contributed by atoms with Crippen molar-refractivity contribution >= 4 is 28.7 Å². The number of nitrogens with two attached hydrogens (primary N) is 1. The van der Waals surface area contributed by atoms with E-state index in [1.165, 1.54) is 29.7 Å². The predicted molar refractivity (Wildman–Crippen MR) is 207 cm³/mol. The highest BCUT2D eigenvalue weighted by Gasteiger charge is 2.38. The van der Waals surface area contributed by atoms with Crippen molar-refractivity contribution in [3.63, 3.8) is 0 Å². The monoisotopic (exact) mass is 714 g/mol. The first-order valence-corrected chi connectivity index (χ1v) is 19.3. The normalized spacial score (nSPS) is 24.1. The molecular formula is C41H56ClFN8. The van der Waals surface area contributed by atoms with E-state index >= 15 is 0 Å². The molecule has 1 aromatic carbocycles. The van der Waals surface area contributed by atoms with E-state index in [0.717, 1.165) is 98.6 Å². The smallest absolute Gasteiger partial charge is 0.127 e. The van der Waals surface area contributed by atoms with Crippen LogP contribution in [-0.4, -0.2) is 70.5 Å². The minimum Gasteiger partial charge on any atom is -0.398 e. The van der Waals surface area contributed by atoms with Crippen LogP contribution in [-0.2, 0) is 31.3 Å². The standard InChI is InChI=1S/C34H44ClN7.C7H12FN/c1-8-24-18-29(41-16-9-17-42-30(20-41)32(35)33(39-42)23(4)40(6)7)26(22(3)38-24)13-15-34(5)14-12-21(2)25-10-11-28(37)27(19-36)31(25)34;8-6-4-7-2-1-3-9(7)5-6/h10-11,18,21H,4,8-9,12-17,20,37H2,1-3,5-7H3;6-7H,1-5H2. The second-order valence-electron chi connectivity index (χ2n) is 15.7. The molecule has 3 aliphatic heterocycles. The predicted octanol–water partition coefficient (Wildman–Crippen LogP) is 8.18. The van der Waals surface area contributed by atoms with Crippen molar-refractivity contribution in [2.24, 2.45) is 0 Å². The highest BCUT2D eigenvalue weighted by molar-refractivity contribution is 6.32. The zero-order valence-electron chi connectivity index (χ0n) is 31.5. The Kier molecular flexibility index (Phi) is 11.0. The number of pyridine rings is 1. The first-order chi connectivity index (χ1) is 24.3. The molecule has 0 bridgehead atoms. The fourth-order valence-corrected chi connectivity index (χ4v) is 9.22. The third-order valence-electron chi connectivity index (χ3n) is 12.0. The molecule has 274 valence electrons. The fraction of sp³-hybridized carbons (Fsp3) is 0.585. The molecule has 0 saturated carbocycles. The van der Waals surface area contributed by atoms with Crippen LogP contribution in [0.3, 0.4) is 0 Å². The number of alkyl halides is 1. The summed E-state index contributed by atoms with van der Waals surface area (Å²) in [5.41, 5.74) is 17.2. The number of hydrogen-bond acceptors (Lipinski definition) is 7. The van der Waals surface area contributed by atoms with Gasteiger partial charge in [-0.1, -0.05) is 45.0 Å². The van der Waals surface area contributed by atoms with Gasteiger partial charge in [-0.15, -0.1) is 0 Å². The summed E-state index contributed by atoms with van der Waals surface area (Å²) in [6.07, 6.45) is 8.58. The summed E-state index contributed by atoms with van der Waals surface area (Å²) in [7, 11) is 3.93. The van der Waals surface area contributed by atoms with Crippen LogP contribution in [0, 0.1) is 18.3 Å². The van der Waals surface area contributed by atoms with Gasteiger partial charge in [0, 0.05) is 62.5 Å². The van der Waals surface area contributed by atoms with Gasteiger partial charge in [-0.3, -0.25) is 14.6 Å². The van der Waals surface area contributed by atoms with Crippen molar-refractivity contribution < 1.29 is 4.39 Å². The van der Waals surface area contributed by atoms with E-state index in [9.17, 15) is 9.65 Å². The van der Waals surface area contributed by atoms with Crippen LogP contribution in [0.1, 0.15) is 117 Å². The minimum atomic E-state index is -0.518. The molecular weight excluding hydrogens is 659 g/mol. The van der Waals surface area contributed by atoms with Gasteiger partial charge in [0.1, 0.15) is 17.9 Å². The fourth-order valence-electron chi connectivity index (χ4n) is 8.91. The third kappa shape index (κ3) is 7.37. The van der Waals surface area contributed by atoms with Gasteiger partial charge in [0.25, 0.3) is 0 Å². The first-order valence-electron chi connectivity index (χ1n) is 18.9. The van der Waals surface area contributed by atoms with Crippen LogP contribution in [0.2, 0.25) is 5.02 Å². The molecule has 5 heterocycles. The maximum atomic E-state index is 12.6. The van der Waals surface area contributed by atoms with Crippen molar-refractivity contribution in [1.29, 1.82) is 5.26 Å². The van der Waals surface area contributed by atoms with Gasteiger partial charge in [-0.05, 0) is 111 Å².